The van der Waals surface area contributed by atoms with Crippen molar-refractivity contribution in [2.24, 2.45) is 5.92 Å². The molecule has 7 nitrogen and oxygen atoms in total. The molecule has 4 atom stereocenters. The number of nitrogens with zero attached hydrogens (tertiary/aromatic N) is 1. The van der Waals surface area contributed by atoms with Gasteiger partial charge in [-0.25, -0.2) is 14.2 Å². The van der Waals surface area contributed by atoms with Crippen LogP contribution in [-0.4, -0.2) is 43.3 Å². The molecule has 1 aromatic heterocycles. The Morgan fingerprint density at radius 1 is 1.13 bits per heavy atom. The van der Waals surface area contributed by atoms with E-state index in [0.29, 0.717) is 11.3 Å². The number of halogens is 2. The molecule has 30 heavy (non-hydrogen) atoms. The monoisotopic (exact) mass is 420 g/mol. The van der Waals surface area contributed by atoms with E-state index in [1.165, 1.54) is 38.6 Å². The zero-order valence-corrected chi connectivity index (χ0v) is 16.9. The smallest absolute Gasteiger partial charge is 0.356 e. The lowest BCUT2D eigenvalue weighted by Crippen LogP contribution is -2.33. The highest BCUT2D eigenvalue weighted by atomic mass is 19.2. The first-order valence-electron chi connectivity index (χ1n) is 9.31. The first-order valence-corrected chi connectivity index (χ1v) is 9.31. The van der Waals surface area contributed by atoms with Crippen LogP contribution in [0.1, 0.15) is 35.8 Å². The van der Waals surface area contributed by atoms with Gasteiger partial charge < -0.3 is 19.5 Å². The summed E-state index contributed by atoms with van der Waals surface area (Å²) in [6.07, 6.45) is 0.0523. The van der Waals surface area contributed by atoms with Crippen LogP contribution in [0, 0.1) is 17.6 Å². The molecule has 160 valence electrons. The van der Waals surface area contributed by atoms with E-state index in [1.54, 1.807) is 0 Å². The number of amides is 1. The lowest BCUT2D eigenvalue weighted by Gasteiger charge is -2.23. The van der Waals surface area contributed by atoms with Crippen molar-refractivity contribution < 1.29 is 32.6 Å². The fourth-order valence-electron chi connectivity index (χ4n) is 3.60. The summed E-state index contributed by atoms with van der Waals surface area (Å²) < 4.78 is 43.4. The second kappa shape index (κ2) is 8.74. The Morgan fingerprint density at radius 2 is 1.87 bits per heavy atom. The van der Waals surface area contributed by atoms with Gasteiger partial charge in [-0.3, -0.25) is 4.79 Å². The van der Waals surface area contributed by atoms with Crippen LogP contribution in [0.5, 0.6) is 5.75 Å². The lowest BCUT2D eigenvalue weighted by atomic mass is 9.82. The first-order chi connectivity index (χ1) is 14.3. The van der Waals surface area contributed by atoms with Gasteiger partial charge >= 0.3 is 5.97 Å². The second-order valence-electron chi connectivity index (χ2n) is 7.04. The number of hydrogen-bond donors (Lipinski definition) is 1. The number of nitrogens with one attached hydrogen (secondary N) is 1. The second-order valence-corrected chi connectivity index (χ2v) is 7.04. The highest BCUT2D eigenvalue weighted by Gasteiger charge is 2.46. The van der Waals surface area contributed by atoms with Gasteiger partial charge in [0.25, 0.3) is 5.91 Å². The molecule has 2 heterocycles. The van der Waals surface area contributed by atoms with Crippen molar-refractivity contribution in [1.82, 2.24) is 4.98 Å². The minimum Gasteiger partial charge on any atom is -0.493 e. The molecule has 3 rings (SSSR count). The number of methoxy groups -OCH3 is 2. The van der Waals surface area contributed by atoms with Crippen LogP contribution in [0.25, 0.3) is 0 Å². The number of aromatic nitrogens is 1. The van der Waals surface area contributed by atoms with Gasteiger partial charge in [-0.2, -0.15) is 4.39 Å². The average Bonchev–Trinajstić information content (AvgIpc) is 3.04. The molecule has 1 aromatic carbocycles. The zero-order chi connectivity index (χ0) is 22.0. The Hall–Kier alpha value is -3.07. The van der Waals surface area contributed by atoms with Crippen LogP contribution in [0.3, 0.4) is 0 Å². The van der Waals surface area contributed by atoms with Crippen LogP contribution in [0.2, 0.25) is 0 Å². The summed E-state index contributed by atoms with van der Waals surface area (Å²) in [7, 11) is 2.49. The van der Waals surface area contributed by atoms with E-state index >= 15 is 0 Å². The third kappa shape index (κ3) is 3.97. The van der Waals surface area contributed by atoms with Crippen molar-refractivity contribution in [2.75, 3.05) is 19.5 Å². The van der Waals surface area contributed by atoms with Gasteiger partial charge in [0, 0.05) is 11.5 Å². The van der Waals surface area contributed by atoms with E-state index in [9.17, 15) is 18.4 Å². The maximum atomic E-state index is 14.3. The Labute approximate surface area is 172 Å². The van der Waals surface area contributed by atoms with Crippen molar-refractivity contribution in [3.63, 3.8) is 0 Å². The minimum atomic E-state index is -1.11. The standard InChI is InChI=1S/C21H22F2N2O5/c1-10-11(2)30-19(16(10)13-6-7-14(22)17(23)18(13)28-3)20(26)25-12-5-8-15(24-9-12)21(27)29-4/h5-11,16,19H,1-4H3,(H,25,26)/t10-,11-,16+,19-/m1/s1. The van der Waals surface area contributed by atoms with Crippen LogP contribution in [-0.2, 0) is 14.3 Å². The molecule has 0 saturated carbocycles. The quantitative estimate of drug-likeness (QED) is 0.747. The summed E-state index contributed by atoms with van der Waals surface area (Å²) in [5, 5.41) is 2.69. The van der Waals surface area contributed by atoms with Crippen molar-refractivity contribution in [3.8, 4) is 5.75 Å². The van der Waals surface area contributed by atoms with Gasteiger partial charge in [0.1, 0.15) is 11.8 Å². The number of esters is 1. The van der Waals surface area contributed by atoms with Crippen molar-refractivity contribution in [1.29, 1.82) is 0 Å². The Balaban J connectivity index is 1.88. The number of ether oxygens (including phenoxy) is 3. The Morgan fingerprint density at radius 3 is 2.47 bits per heavy atom. The van der Waals surface area contributed by atoms with Gasteiger partial charge in [0.15, 0.2) is 11.6 Å². The molecule has 1 aliphatic heterocycles. The van der Waals surface area contributed by atoms with Crippen molar-refractivity contribution in [2.45, 2.75) is 32.0 Å². The Bertz CT molecular complexity index is 951. The lowest BCUT2D eigenvalue weighted by molar-refractivity contribution is -0.127. The zero-order valence-electron chi connectivity index (χ0n) is 16.9. The third-order valence-corrected chi connectivity index (χ3v) is 5.32. The van der Waals surface area contributed by atoms with E-state index in [0.717, 1.165) is 6.07 Å². The Kier molecular flexibility index (Phi) is 6.31. The molecule has 0 radical (unpaired) electrons. The maximum Gasteiger partial charge on any atom is 0.356 e. The SMILES string of the molecule is COC(=O)c1ccc(NC(=O)[C@@H]2O[C@H](C)[C@@H](C)[C@H]2c2ccc(F)c(F)c2OC)cn1. The predicted octanol–water partition coefficient (Wildman–Crippen LogP) is 3.30. The average molecular weight is 420 g/mol. The number of pyridine rings is 1. The largest absolute Gasteiger partial charge is 0.493 e. The van der Waals surface area contributed by atoms with Crippen LogP contribution in [0.4, 0.5) is 14.5 Å². The van der Waals surface area contributed by atoms with Gasteiger partial charge in [-0.05, 0) is 31.0 Å². The third-order valence-electron chi connectivity index (χ3n) is 5.32. The highest BCUT2D eigenvalue weighted by molar-refractivity contribution is 5.95. The molecule has 9 heteroatoms. The summed E-state index contributed by atoms with van der Waals surface area (Å²) in [5.74, 6) is -4.19. The summed E-state index contributed by atoms with van der Waals surface area (Å²) in [5.41, 5.74) is 0.797. The number of rotatable bonds is 5. The number of hydrogen-bond acceptors (Lipinski definition) is 6. The molecule has 0 aliphatic carbocycles. The van der Waals surface area contributed by atoms with Crippen LogP contribution < -0.4 is 10.1 Å². The van der Waals surface area contributed by atoms with E-state index < -0.39 is 35.5 Å². The van der Waals surface area contributed by atoms with Crippen LogP contribution >= 0.6 is 0 Å². The summed E-state index contributed by atoms with van der Waals surface area (Å²) >= 11 is 0. The van der Waals surface area contributed by atoms with E-state index in [2.05, 4.69) is 15.0 Å². The first kappa shape index (κ1) is 21.6. The molecule has 1 saturated heterocycles. The molecule has 1 amide bonds. The number of benzene rings is 1. The van der Waals surface area contributed by atoms with Gasteiger partial charge in [-0.1, -0.05) is 13.0 Å². The molecule has 2 aromatic rings. The van der Waals surface area contributed by atoms with E-state index in [-0.39, 0.29) is 23.5 Å². The van der Waals surface area contributed by atoms with Gasteiger partial charge in [0.2, 0.25) is 5.82 Å². The molecule has 0 unspecified atom stereocenters. The predicted molar refractivity (Wildman–Crippen MR) is 103 cm³/mol. The fraction of sp³-hybridized carbons (Fsp3) is 0.381. The van der Waals surface area contributed by atoms with Gasteiger partial charge in [0.05, 0.1) is 32.2 Å². The molecule has 1 N–H and O–H groups in total. The van der Waals surface area contributed by atoms with Crippen molar-refractivity contribution in [3.05, 3.63) is 53.4 Å². The molecular weight excluding hydrogens is 398 g/mol. The summed E-state index contributed by atoms with van der Waals surface area (Å²) in [6, 6.07) is 5.34. The van der Waals surface area contributed by atoms with Crippen LogP contribution in [0.15, 0.2) is 30.5 Å². The normalized spacial score (nSPS) is 23.1. The summed E-state index contributed by atoms with van der Waals surface area (Å²) in [6.45, 7) is 3.68. The maximum absolute atomic E-state index is 14.3. The number of carbonyl (C=O) groups excluding carboxylic acids is 2. The van der Waals surface area contributed by atoms with E-state index in [4.69, 9.17) is 9.47 Å². The molecule has 0 bridgehead atoms. The fourth-order valence-corrected chi connectivity index (χ4v) is 3.60. The molecule has 1 aliphatic rings. The molecule has 1 fully saturated rings. The highest BCUT2D eigenvalue weighted by Crippen LogP contribution is 2.44. The molecular formula is C21H22F2N2O5. The minimum absolute atomic E-state index is 0.0965. The van der Waals surface area contributed by atoms with Gasteiger partial charge in [-0.15, -0.1) is 0 Å². The topological polar surface area (TPSA) is 86.8 Å². The molecule has 0 spiro atoms. The number of anilines is 1. The summed E-state index contributed by atoms with van der Waals surface area (Å²) in [4.78, 5) is 28.4. The van der Waals surface area contributed by atoms with E-state index in [1.807, 2.05) is 13.8 Å². The van der Waals surface area contributed by atoms with Crippen molar-refractivity contribution >= 4 is 17.6 Å². The number of carbonyl (C=O) groups is 2.